The Morgan fingerprint density at radius 2 is 2.00 bits per heavy atom. The van der Waals surface area contributed by atoms with Crippen LogP contribution in [0.3, 0.4) is 0 Å². The summed E-state index contributed by atoms with van der Waals surface area (Å²) in [6.45, 7) is 0. The molecule has 0 radical (unpaired) electrons. The number of nitro groups is 1. The molecule has 0 bridgehead atoms. The lowest BCUT2D eigenvalue weighted by atomic mass is 10.2. The highest BCUT2D eigenvalue weighted by atomic mass is 79.9. The van der Waals surface area contributed by atoms with Crippen molar-refractivity contribution in [3.8, 4) is 11.5 Å². The van der Waals surface area contributed by atoms with Crippen LogP contribution in [-0.2, 0) is 0 Å². The standard InChI is InChI=1S/C7H2BrF4NO4/c8-2-1-3(14)5(13(15)16)6(4(2)9)17-7(10,11)12/h1,14H. The summed E-state index contributed by atoms with van der Waals surface area (Å²) in [6.07, 6.45) is -5.32. The molecule has 1 N–H and O–H groups in total. The van der Waals surface area contributed by atoms with Crippen LogP contribution in [0.25, 0.3) is 0 Å². The van der Waals surface area contributed by atoms with Crippen molar-refractivity contribution in [3.63, 3.8) is 0 Å². The third-order valence-electron chi connectivity index (χ3n) is 1.53. The first-order valence-corrected chi connectivity index (χ1v) is 4.54. The van der Waals surface area contributed by atoms with Gasteiger partial charge in [0.1, 0.15) is 0 Å². The van der Waals surface area contributed by atoms with Gasteiger partial charge >= 0.3 is 12.0 Å². The van der Waals surface area contributed by atoms with E-state index < -0.39 is 38.8 Å². The Hall–Kier alpha value is -1.58. The first kappa shape index (κ1) is 13.5. The Morgan fingerprint density at radius 3 is 2.41 bits per heavy atom. The first-order valence-electron chi connectivity index (χ1n) is 3.74. The summed E-state index contributed by atoms with van der Waals surface area (Å²) in [5.41, 5.74) is -1.50. The maximum atomic E-state index is 13.2. The molecular weight excluding hydrogens is 318 g/mol. The average molecular weight is 320 g/mol. The van der Waals surface area contributed by atoms with Crippen molar-refractivity contribution in [1.82, 2.24) is 0 Å². The highest BCUT2D eigenvalue weighted by Crippen LogP contribution is 2.43. The van der Waals surface area contributed by atoms with E-state index in [1.807, 2.05) is 0 Å². The van der Waals surface area contributed by atoms with Gasteiger partial charge < -0.3 is 9.84 Å². The van der Waals surface area contributed by atoms with Crippen molar-refractivity contribution in [1.29, 1.82) is 0 Å². The number of benzene rings is 1. The Morgan fingerprint density at radius 1 is 1.47 bits per heavy atom. The van der Waals surface area contributed by atoms with E-state index >= 15 is 0 Å². The molecule has 0 spiro atoms. The average Bonchev–Trinajstić information content (AvgIpc) is 2.10. The molecule has 17 heavy (non-hydrogen) atoms. The zero-order valence-electron chi connectivity index (χ0n) is 7.59. The molecule has 0 saturated carbocycles. The SMILES string of the molecule is O=[N+]([O-])c1c(O)cc(Br)c(F)c1OC(F)(F)F. The van der Waals surface area contributed by atoms with E-state index in [-0.39, 0.29) is 0 Å². The highest BCUT2D eigenvalue weighted by molar-refractivity contribution is 9.10. The third-order valence-corrected chi connectivity index (χ3v) is 2.11. The van der Waals surface area contributed by atoms with Gasteiger partial charge in [0.05, 0.1) is 9.40 Å². The minimum atomic E-state index is -5.32. The number of nitro benzene ring substituents is 1. The van der Waals surface area contributed by atoms with Crippen LogP contribution in [0.4, 0.5) is 23.2 Å². The summed E-state index contributed by atoms with van der Waals surface area (Å²) in [6, 6.07) is 0.552. The van der Waals surface area contributed by atoms with Crippen molar-refractivity contribution < 1.29 is 32.3 Å². The van der Waals surface area contributed by atoms with E-state index in [2.05, 4.69) is 20.7 Å². The van der Waals surface area contributed by atoms with Crippen LogP contribution in [-0.4, -0.2) is 16.4 Å². The normalized spacial score (nSPS) is 11.4. The van der Waals surface area contributed by atoms with Crippen LogP contribution in [0.2, 0.25) is 0 Å². The van der Waals surface area contributed by atoms with Crippen LogP contribution < -0.4 is 4.74 Å². The van der Waals surface area contributed by atoms with E-state index in [0.717, 1.165) is 0 Å². The molecule has 0 aliphatic carbocycles. The number of ether oxygens (including phenoxy) is 1. The number of phenols is 1. The Bertz CT molecular complexity index is 476. The van der Waals surface area contributed by atoms with Gasteiger partial charge in [-0.25, -0.2) is 4.39 Å². The molecule has 0 heterocycles. The fourth-order valence-electron chi connectivity index (χ4n) is 0.966. The lowest BCUT2D eigenvalue weighted by Gasteiger charge is -2.11. The number of rotatable bonds is 2. The quantitative estimate of drug-likeness (QED) is 0.516. The topological polar surface area (TPSA) is 72.6 Å². The first-order chi connectivity index (χ1) is 7.63. The summed E-state index contributed by atoms with van der Waals surface area (Å²) in [5.74, 6) is -4.48. The smallest absolute Gasteiger partial charge is 0.502 e. The van der Waals surface area contributed by atoms with E-state index in [1.54, 1.807) is 0 Å². The molecule has 1 rings (SSSR count). The van der Waals surface area contributed by atoms with Crippen molar-refractivity contribution in [3.05, 3.63) is 26.5 Å². The fraction of sp³-hybridized carbons (Fsp3) is 0.143. The number of halogens is 5. The van der Waals surface area contributed by atoms with Gasteiger partial charge in [-0.05, 0) is 15.9 Å². The second kappa shape index (κ2) is 4.35. The van der Waals surface area contributed by atoms with Gasteiger partial charge in [0.2, 0.25) is 5.75 Å². The Kier molecular flexibility index (Phi) is 3.45. The Labute approximate surface area is 98.9 Å². The molecule has 0 aliphatic rings. The van der Waals surface area contributed by atoms with Crippen molar-refractivity contribution >= 4 is 21.6 Å². The number of hydrogen-bond acceptors (Lipinski definition) is 4. The van der Waals surface area contributed by atoms with Gasteiger partial charge in [-0.2, -0.15) is 0 Å². The molecule has 1 aromatic rings. The zero-order chi connectivity index (χ0) is 13.4. The number of aromatic hydroxyl groups is 1. The van der Waals surface area contributed by atoms with Gasteiger partial charge in [-0.3, -0.25) is 10.1 Å². The van der Waals surface area contributed by atoms with Gasteiger partial charge in [-0.1, -0.05) is 0 Å². The van der Waals surface area contributed by atoms with E-state index in [0.29, 0.717) is 6.07 Å². The highest BCUT2D eigenvalue weighted by Gasteiger charge is 2.38. The minimum absolute atomic E-state index is 0.552. The maximum Gasteiger partial charge on any atom is 0.573 e. The number of phenolic OH excluding ortho intramolecular Hbond substituents is 1. The molecule has 0 amide bonds. The molecule has 5 nitrogen and oxygen atoms in total. The van der Waals surface area contributed by atoms with E-state index in [4.69, 9.17) is 5.11 Å². The van der Waals surface area contributed by atoms with E-state index in [1.165, 1.54) is 0 Å². The monoisotopic (exact) mass is 319 g/mol. The fourth-order valence-corrected chi connectivity index (χ4v) is 1.36. The summed E-state index contributed by atoms with van der Waals surface area (Å²) in [5, 5.41) is 19.5. The molecule has 10 heteroatoms. The van der Waals surface area contributed by atoms with E-state index in [9.17, 15) is 27.7 Å². The predicted octanol–water partition coefficient (Wildman–Crippen LogP) is 3.10. The van der Waals surface area contributed by atoms with Gasteiger partial charge in [0.15, 0.2) is 11.6 Å². The van der Waals surface area contributed by atoms with Crippen LogP contribution in [0, 0.1) is 15.9 Å². The second-order valence-corrected chi connectivity index (χ2v) is 3.53. The lowest BCUT2D eigenvalue weighted by Crippen LogP contribution is -2.19. The molecular formula is C7H2BrF4NO4. The van der Waals surface area contributed by atoms with Gasteiger partial charge in [-0.15, -0.1) is 13.2 Å². The summed E-state index contributed by atoms with van der Waals surface area (Å²) >= 11 is 2.48. The molecule has 94 valence electrons. The summed E-state index contributed by atoms with van der Waals surface area (Å²) < 4.78 is 51.6. The molecule has 0 unspecified atom stereocenters. The van der Waals surface area contributed by atoms with Crippen LogP contribution in [0.5, 0.6) is 11.5 Å². The molecule has 0 atom stereocenters. The van der Waals surface area contributed by atoms with Gasteiger partial charge in [0.25, 0.3) is 0 Å². The van der Waals surface area contributed by atoms with Crippen LogP contribution in [0.1, 0.15) is 0 Å². The zero-order valence-corrected chi connectivity index (χ0v) is 9.17. The maximum absolute atomic E-state index is 13.2. The van der Waals surface area contributed by atoms with Crippen molar-refractivity contribution in [2.45, 2.75) is 6.36 Å². The predicted molar refractivity (Wildman–Crippen MR) is 49.1 cm³/mol. The Balaban J connectivity index is 3.48. The molecule has 0 aliphatic heterocycles. The van der Waals surface area contributed by atoms with Crippen molar-refractivity contribution in [2.24, 2.45) is 0 Å². The number of hydrogen-bond donors (Lipinski definition) is 1. The van der Waals surface area contributed by atoms with Crippen molar-refractivity contribution in [2.75, 3.05) is 0 Å². The number of alkyl halides is 3. The lowest BCUT2D eigenvalue weighted by molar-refractivity contribution is -0.390. The number of nitrogens with zero attached hydrogens (tertiary/aromatic N) is 1. The third kappa shape index (κ3) is 2.96. The molecule has 1 aromatic carbocycles. The summed E-state index contributed by atoms with van der Waals surface area (Å²) in [7, 11) is 0. The summed E-state index contributed by atoms with van der Waals surface area (Å²) in [4.78, 5) is 9.03. The second-order valence-electron chi connectivity index (χ2n) is 2.67. The molecule has 0 aromatic heterocycles. The largest absolute Gasteiger partial charge is 0.573 e. The molecule has 0 saturated heterocycles. The van der Waals surface area contributed by atoms with Gasteiger partial charge in [0, 0.05) is 6.07 Å². The van der Waals surface area contributed by atoms with Crippen LogP contribution >= 0.6 is 15.9 Å². The van der Waals surface area contributed by atoms with Crippen LogP contribution in [0.15, 0.2) is 10.5 Å². The molecule has 0 fully saturated rings. The minimum Gasteiger partial charge on any atom is -0.502 e.